The van der Waals surface area contributed by atoms with E-state index in [0.717, 1.165) is 32.4 Å². The summed E-state index contributed by atoms with van der Waals surface area (Å²) in [5.74, 6) is -0.274. The third-order valence-electron chi connectivity index (χ3n) is 4.74. The van der Waals surface area contributed by atoms with E-state index in [2.05, 4.69) is 29.8 Å². The van der Waals surface area contributed by atoms with Gasteiger partial charge in [0.1, 0.15) is 0 Å². The summed E-state index contributed by atoms with van der Waals surface area (Å²) in [4.78, 5) is 38.8. The molecule has 0 fully saturated rings. The molecule has 0 spiro atoms. The topological polar surface area (TPSA) is 90.5 Å². The lowest BCUT2D eigenvalue weighted by atomic mass is 10.1. The van der Waals surface area contributed by atoms with Crippen molar-refractivity contribution in [3.63, 3.8) is 0 Å². The van der Waals surface area contributed by atoms with E-state index in [1.807, 2.05) is 24.0 Å². The molecule has 3 amide bonds. The molecule has 0 aliphatic carbocycles. The summed E-state index contributed by atoms with van der Waals surface area (Å²) in [6, 6.07) is 14.3. The SMILES string of the molecule is CCCC(=O)Nc1cccc(NC(=O)CNc2cccc(C(=O)N(CCC)CCC)c2)c1. The third-order valence-corrected chi connectivity index (χ3v) is 4.74. The largest absolute Gasteiger partial charge is 0.376 e. The van der Waals surface area contributed by atoms with Crippen LogP contribution in [0.1, 0.15) is 56.8 Å². The van der Waals surface area contributed by atoms with Gasteiger partial charge in [-0.1, -0.05) is 32.9 Å². The van der Waals surface area contributed by atoms with E-state index in [1.54, 1.807) is 36.4 Å². The molecule has 0 saturated carbocycles. The molecule has 172 valence electrons. The van der Waals surface area contributed by atoms with Crippen molar-refractivity contribution in [1.29, 1.82) is 0 Å². The van der Waals surface area contributed by atoms with E-state index in [9.17, 15) is 14.4 Å². The number of hydrogen-bond donors (Lipinski definition) is 3. The Kier molecular flexibility index (Phi) is 10.2. The van der Waals surface area contributed by atoms with Crippen LogP contribution in [0.2, 0.25) is 0 Å². The van der Waals surface area contributed by atoms with Gasteiger partial charge in [0.15, 0.2) is 0 Å². The fraction of sp³-hybridized carbons (Fsp3) is 0.400. The van der Waals surface area contributed by atoms with Crippen molar-refractivity contribution in [2.45, 2.75) is 46.5 Å². The zero-order valence-corrected chi connectivity index (χ0v) is 19.2. The van der Waals surface area contributed by atoms with Crippen molar-refractivity contribution in [2.75, 3.05) is 35.6 Å². The summed E-state index contributed by atoms with van der Waals surface area (Å²) < 4.78 is 0. The molecule has 7 heteroatoms. The van der Waals surface area contributed by atoms with Crippen molar-refractivity contribution in [3.8, 4) is 0 Å². The minimum Gasteiger partial charge on any atom is -0.376 e. The van der Waals surface area contributed by atoms with Crippen LogP contribution in [0.15, 0.2) is 48.5 Å². The molecular formula is C25H34N4O3. The fourth-order valence-electron chi connectivity index (χ4n) is 3.31. The van der Waals surface area contributed by atoms with E-state index in [4.69, 9.17) is 0 Å². The van der Waals surface area contributed by atoms with Gasteiger partial charge in [0.2, 0.25) is 11.8 Å². The van der Waals surface area contributed by atoms with Crippen LogP contribution in [-0.4, -0.2) is 42.3 Å². The van der Waals surface area contributed by atoms with Gasteiger partial charge in [0, 0.05) is 42.1 Å². The van der Waals surface area contributed by atoms with Crippen molar-refractivity contribution < 1.29 is 14.4 Å². The summed E-state index contributed by atoms with van der Waals surface area (Å²) in [5.41, 5.74) is 2.56. The number of benzene rings is 2. The fourth-order valence-corrected chi connectivity index (χ4v) is 3.31. The van der Waals surface area contributed by atoms with Crippen LogP contribution in [0.3, 0.4) is 0 Å². The first-order valence-electron chi connectivity index (χ1n) is 11.3. The average Bonchev–Trinajstić information content (AvgIpc) is 2.77. The van der Waals surface area contributed by atoms with E-state index in [1.165, 1.54) is 0 Å². The Morgan fingerprint density at radius 2 is 1.34 bits per heavy atom. The molecule has 0 saturated heterocycles. The molecular weight excluding hydrogens is 404 g/mol. The van der Waals surface area contributed by atoms with Gasteiger partial charge < -0.3 is 20.9 Å². The Bertz CT molecular complexity index is 908. The Labute approximate surface area is 190 Å². The molecule has 0 unspecified atom stereocenters. The number of rotatable bonds is 12. The van der Waals surface area contributed by atoms with Gasteiger partial charge >= 0.3 is 0 Å². The third kappa shape index (κ3) is 8.06. The van der Waals surface area contributed by atoms with Crippen LogP contribution >= 0.6 is 0 Å². The number of nitrogens with one attached hydrogen (secondary N) is 3. The maximum Gasteiger partial charge on any atom is 0.253 e. The minimum absolute atomic E-state index is 0.00346. The van der Waals surface area contributed by atoms with Crippen LogP contribution in [0.25, 0.3) is 0 Å². The number of nitrogens with zero attached hydrogens (tertiary/aromatic N) is 1. The van der Waals surface area contributed by atoms with E-state index in [-0.39, 0.29) is 24.3 Å². The zero-order chi connectivity index (χ0) is 23.3. The molecule has 0 heterocycles. The van der Waals surface area contributed by atoms with Crippen LogP contribution in [0, 0.1) is 0 Å². The quantitative estimate of drug-likeness (QED) is 0.446. The lowest BCUT2D eigenvalue weighted by Gasteiger charge is -2.21. The van der Waals surface area contributed by atoms with Gasteiger partial charge in [-0.05, 0) is 55.7 Å². The van der Waals surface area contributed by atoms with Crippen LogP contribution in [0.5, 0.6) is 0 Å². The van der Waals surface area contributed by atoms with Crippen molar-refractivity contribution >= 4 is 34.8 Å². The first-order chi connectivity index (χ1) is 15.5. The number of hydrogen-bond acceptors (Lipinski definition) is 4. The Balaban J connectivity index is 1.94. The minimum atomic E-state index is -0.225. The van der Waals surface area contributed by atoms with Gasteiger partial charge in [-0.15, -0.1) is 0 Å². The molecule has 3 N–H and O–H groups in total. The van der Waals surface area contributed by atoms with Gasteiger partial charge in [-0.3, -0.25) is 14.4 Å². The van der Waals surface area contributed by atoms with E-state index >= 15 is 0 Å². The summed E-state index contributed by atoms with van der Waals surface area (Å²) in [7, 11) is 0. The van der Waals surface area contributed by atoms with E-state index in [0.29, 0.717) is 29.0 Å². The Morgan fingerprint density at radius 1 is 0.750 bits per heavy atom. The van der Waals surface area contributed by atoms with Gasteiger partial charge in [-0.25, -0.2) is 0 Å². The highest BCUT2D eigenvalue weighted by molar-refractivity contribution is 5.97. The lowest BCUT2D eigenvalue weighted by molar-refractivity contribution is -0.116. The molecule has 0 radical (unpaired) electrons. The second-order valence-electron chi connectivity index (χ2n) is 7.65. The molecule has 2 aromatic carbocycles. The molecule has 0 aliphatic rings. The van der Waals surface area contributed by atoms with Crippen LogP contribution in [-0.2, 0) is 9.59 Å². The second kappa shape index (κ2) is 13.1. The van der Waals surface area contributed by atoms with Crippen molar-refractivity contribution in [3.05, 3.63) is 54.1 Å². The second-order valence-corrected chi connectivity index (χ2v) is 7.65. The molecule has 32 heavy (non-hydrogen) atoms. The summed E-state index contributed by atoms with van der Waals surface area (Å²) in [6.07, 6.45) is 3.05. The summed E-state index contributed by atoms with van der Waals surface area (Å²) in [6.45, 7) is 7.57. The zero-order valence-electron chi connectivity index (χ0n) is 19.2. The molecule has 2 aromatic rings. The molecule has 7 nitrogen and oxygen atoms in total. The lowest BCUT2D eigenvalue weighted by Crippen LogP contribution is -2.32. The predicted octanol–water partition coefficient (Wildman–Crippen LogP) is 4.74. The Hall–Kier alpha value is -3.35. The summed E-state index contributed by atoms with van der Waals surface area (Å²) in [5, 5.41) is 8.71. The molecule has 0 bridgehead atoms. The average molecular weight is 439 g/mol. The first-order valence-corrected chi connectivity index (χ1v) is 11.3. The van der Waals surface area contributed by atoms with Crippen molar-refractivity contribution in [2.24, 2.45) is 0 Å². The van der Waals surface area contributed by atoms with Gasteiger partial charge in [-0.2, -0.15) is 0 Å². The normalized spacial score (nSPS) is 10.3. The number of amides is 3. The van der Waals surface area contributed by atoms with Crippen molar-refractivity contribution in [1.82, 2.24) is 4.90 Å². The summed E-state index contributed by atoms with van der Waals surface area (Å²) >= 11 is 0. The maximum absolute atomic E-state index is 12.8. The monoisotopic (exact) mass is 438 g/mol. The van der Waals surface area contributed by atoms with Crippen LogP contribution in [0.4, 0.5) is 17.1 Å². The van der Waals surface area contributed by atoms with E-state index < -0.39 is 0 Å². The standard InChI is InChI=1S/C25H34N4O3/c1-4-9-23(30)27-21-12-8-13-22(17-21)28-24(31)18-26-20-11-7-10-19(16-20)25(32)29(14-5-2)15-6-3/h7-8,10-13,16-17,26H,4-6,9,14-15,18H2,1-3H3,(H,27,30)(H,28,31). The van der Waals surface area contributed by atoms with Gasteiger partial charge in [0.05, 0.1) is 6.54 Å². The Morgan fingerprint density at radius 3 is 1.97 bits per heavy atom. The predicted molar refractivity (Wildman–Crippen MR) is 130 cm³/mol. The molecule has 2 rings (SSSR count). The smallest absolute Gasteiger partial charge is 0.253 e. The number of anilines is 3. The van der Waals surface area contributed by atoms with Gasteiger partial charge in [0.25, 0.3) is 5.91 Å². The number of carbonyl (C=O) groups excluding carboxylic acids is 3. The highest BCUT2D eigenvalue weighted by Gasteiger charge is 2.14. The molecule has 0 aliphatic heterocycles. The van der Waals surface area contributed by atoms with Crippen LogP contribution < -0.4 is 16.0 Å². The number of carbonyl (C=O) groups is 3. The molecule has 0 atom stereocenters. The highest BCUT2D eigenvalue weighted by Crippen LogP contribution is 2.16. The highest BCUT2D eigenvalue weighted by atomic mass is 16.2. The maximum atomic E-state index is 12.8. The molecule has 0 aromatic heterocycles. The first kappa shape index (κ1) is 24.9.